The maximum Gasteiger partial charge on any atom is 0.116 e. The van der Waals surface area contributed by atoms with Crippen molar-refractivity contribution in [1.82, 2.24) is 4.98 Å². The summed E-state index contributed by atoms with van der Waals surface area (Å²) in [6.07, 6.45) is 3.54. The van der Waals surface area contributed by atoms with Crippen molar-refractivity contribution in [3.05, 3.63) is 15.6 Å². The lowest BCUT2D eigenvalue weighted by Crippen LogP contribution is -2.09. The lowest BCUT2D eigenvalue weighted by atomic mass is 10.1. The fourth-order valence-corrected chi connectivity index (χ4v) is 3.07. The van der Waals surface area contributed by atoms with E-state index in [1.807, 2.05) is 0 Å². The predicted molar refractivity (Wildman–Crippen MR) is 68.5 cm³/mol. The van der Waals surface area contributed by atoms with Crippen LogP contribution in [0.15, 0.2) is 0 Å². The summed E-state index contributed by atoms with van der Waals surface area (Å²) in [7, 11) is 0. The fourth-order valence-electron chi connectivity index (χ4n) is 1.62. The number of nitrogens with zero attached hydrogens (tertiary/aromatic N) is 1. The average Bonchev–Trinajstić information content (AvgIpc) is 2.87. The number of nitrogens with two attached hydrogens (primary N) is 1. The van der Waals surface area contributed by atoms with Gasteiger partial charge in [-0.3, -0.25) is 0 Å². The van der Waals surface area contributed by atoms with Crippen molar-refractivity contribution in [2.75, 3.05) is 0 Å². The number of rotatable bonds is 4. The Bertz CT molecular complexity index is 378. The highest BCUT2D eigenvalue weighted by Gasteiger charge is 2.30. The summed E-state index contributed by atoms with van der Waals surface area (Å²) >= 11 is 6.76. The zero-order valence-corrected chi connectivity index (χ0v) is 10.8. The van der Waals surface area contributed by atoms with Gasteiger partial charge in [-0.1, -0.05) is 26.1 Å². The third-order valence-electron chi connectivity index (χ3n) is 2.47. The second kappa shape index (κ2) is 4.18. The Morgan fingerprint density at radius 3 is 2.73 bits per heavy atom. The van der Waals surface area contributed by atoms with E-state index in [1.165, 1.54) is 23.5 Å². The topological polar surface area (TPSA) is 38.9 Å². The molecule has 15 heavy (non-hydrogen) atoms. The molecular weight excluding hydrogens is 224 g/mol. The van der Waals surface area contributed by atoms with E-state index in [2.05, 4.69) is 18.8 Å². The van der Waals surface area contributed by atoms with Gasteiger partial charge in [0.25, 0.3) is 0 Å². The molecule has 0 amide bonds. The first-order chi connectivity index (χ1) is 7.08. The summed E-state index contributed by atoms with van der Waals surface area (Å²) in [6, 6.07) is 0. The van der Waals surface area contributed by atoms with Gasteiger partial charge in [-0.2, -0.15) is 0 Å². The monoisotopic (exact) mass is 240 g/mol. The van der Waals surface area contributed by atoms with Crippen LogP contribution in [-0.4, -0.2) is 9.97 Å². The van der Waals surface area contributed by atoms with Crippen molar-refractivity contribution in [3.63, 3.8) is 0 Å². The molecule has 2 nitrogen and oxygen atoms in total. The summed E-state index contributed by atoms with van der Waals surface area (Å²) in [5.74, 6) is 1.28. The largest absolute Gasteiger partial charge is 0.389 e. The lowest BCUT2D eigenvalue weighted by molar-refractivity contribution is 0.643. The van der Waals surface area contributed by atoms with Crippen LogP contribution in [0.25, 0.3) is 0 Å². The fraction of sp³-hybridized carbons (Fsp3) is 0.636. The van der Waals surface area contributed by atoms with Crippen molar-refractivity contribution in [1.29, 1.82) is 0 Å². The molecule has 0 bridgehead atoms. The molecule has 0 saturated heterocycles. The number of aromatic nitrogens is 1. The second-order valence-corrected chi connectivity index (χ2v) is 6.08. The van der Waals surface area contributed by atoms with Crippen molar-refractivity contribution in [2.24, 2.45) is 11.7 Å². The first-order valence-electron chi connectivity index (χ1n) is 5.37. The lowest BCUT2D eigenvalue weighted by Gasteiger charge is -1.98. The van der Waals surface area contributed by atoms with E-state index in [1.54, 1.807) is 11.3 Å². The maximum atomic E-state index is 5.73. The van der Waals surface area contributed by atoms with Gasteiger partial charge in [0.1, 0.15) is 4.99 Å². The molecule has 2 rings (SSSR count). The molecule has 1 aromatic rings. The highest BCUT2D eigenvalue weighted by molar-refractivity contribution is 7.81. The van der Waals surface area contributed by atoms with Crippen LogP contribution < -0.4 is 5.73 Å². The Kier molecular flexibility index (Phi) is 3.07. The predicted octanol–water partition coefficient (Wildman–Crippen LogP) is 2.85. The van der Waals surface area contributed by atoms with Crippen LogP contribution in [0.3, 0.4) is 0 Å². The molecule has 1 aromatic heterocycles. The van der Waals surface area contributed by atoms with E-state index in [4.69, 9.17) is 18.0 Å². The van der Waals surface area contributed by atoms with Crippen LogP contribution in [-0.2, 0) is 6.42 Å². The highest BCUT2D eigenvalue weighted by Crippen LogP contribution is 2.42. The Balaban J connectivity index is 2.27. The Morgan fingerprint density at radius 2 is 2.27 bits per heavy atom. The minimum Gasteiger partial charge on any atom is -0.389 e. The Morgan fingerprint density at radius 1 is 1.60 bits per heavy atom. The molecule has 0 spiro atoms. The zero-order valence-electron chi connectivity index (χ0n) is 9.12. The van der Waals surface area contributed by atoms with E-state index in [0.717, 1.165) is 11.3 Å². The summed E-state index contributed by atoms with van der Waals surface area (Å²) in [6.45, 7) is 4.41. The van der Waals surface area contributed by atoms with Gasteiger partial charge < -0.3 is 5.73 Å². The molecule has 0 radical (unpaired) electrons. The van der Waals surface area contributed by atoms with Gasteiger partial charge in [-0.15, -0.1) is 11.3 Å². The molecule has 1 saturated carbocycles. The van der Waals surface area contributed by atoms with Crippen LogP contribution in [0.1, 0.15) is 48.2 Å². The molecule has 1 aliphatic carbocycles. The molecule has 0 aromatic carbocycles. The second-order valence-electron chi connectivity index (χ2n) is 4.56. The van der Waals surface area contributed by atoms with Gasteiger partial charge in [-0.25, -0.2) is 4.98 Å². The number of hydrogen-bond donors (Lipinski definition) is 1. The third-order valence-corrected chi connectivity index (χ3v) is 3.93. The van der Waals surface area contributed by atoms with Gasteiger partial charge >= 0.3 is 0 Å². The van der Waals surface area contributed by atoms with Crippen LogP contribution in [0.4, 0.5) is 0 Å². The molecule has 0 unspecified atom stereocenters. The molecular formula is C11H16N2S2. The molecule has 0 atom stereocenters. The first kappa shape index (κ1) is 11.0. The van der Waals surface area contributed by atoms with Gasteiger partial charge in [0.15, 0.2) is 0 Å². The van der Waals surface area contributed by atoms with Crippen molar-refractivity contribution < 1.29 is 0 Å². The van der Waals surface area contributed by atoms with Crippen LogP contribution in [0, 0.1) is 5.92 Å². The average molecular weight is 240 g/mol. The van der Waals surface area contributed by atoms with E-state index in [-0.39, 0.29) is 0 Å². The third kappa shape index (κ3) is 2.55. The smallest absolute Gasteiger partial charge is 0.116 e. The number of hydrogen-bond acceptors (Lipinski definition) is 3. The SMILES string of the molecule is CC(C)Cc1nc(C2CC2)c(C(N)=S)s1. The standard InChI is InChI=1S/C11H16N2S2/c1-6(2)5-8-13-9(7-3-4-7)10(15-8)11(12)14/h6-7H,3-5H2,1-2H3,(H2,12,14). The summed E-state index contributed by atoms with van der Waals surface area (Å²) < 4.78 is 0. The number of thiocarbonyl (C=S) groups is 1. The molecule has 1 fully saturated rings. The first-order valence-corrected chi connectivity index (χ1v) is 6.59. The maximum absolute atomic E-state index is 5.73. The zero-order chi connectivity index (χ0) is 11.0. The van der Waals surface area contributed by atoms with Gasteiger partial charge in [0, 0.05) is 12.3 Å². The van der Waals surface area contributed by atoms with E-state index in [9.17, 15) is 0 Å². The Hall–Kier alpha value is -0.480. The summed E-state index contributed by atoms with van der Waals surface area (Å²) in [4.78, 5) is 6.26. The quantitative estimate of drug-likeness (QED) is 0.823. The normalized spacial score (nSPS) is 15.9. The summed E-state index contributed by atoms with van der Waals surface area (Å²) in [5, 5.41) is 1.19. The van der Waals surface area contributed by atoms with Crippen LogP contribution in [0.5, 0.6) is 0 Å². The van der Waals surface area contributed by atoms with Crippen molar-refractivity contribution in [2.45, 2.75) is 39.0 Å². The molecule has 0 aliphatic heterocycles. The van der Waals surface area contributed by atoms with Crippen LogP contribution >= 0.6 is 23.6 Å². The van der Waals surface area contributed by atoms with Gasteiger partial charge in [0.05, 0.1) is 15.6 Å². The van der Waals surface area contributed by atoms with E-state index in [0.29, 0.717) is 16.8 Å². The minimum atomic E-state index is 0.518. The van der Waals surface area contributed by atoms with E-state index >= 15 is 0 Å². The van der Waals surface area contributed by atoms with Gasteiger partial charge in [-0.05, 0) is 18.8 Å². The van der Waals surface area contributed by atoms with Gasteiger partial charge in [0.2, 0.25) is 0 Å². The molecule has 1 aliphatic rings. The van der Waals surface area contributed by atoms with Crippen molar-refractivity contribution in [3.8, 4) is 0 Å². The van der Waals surface area contributed by atoms with Crippen molar-refractivity contribution >= 4 is 28.5 Å². The van der Waals surface area contributed by atoms with E-state index < -0.39 is 0 Å². The Labute approximate surface area is 99.9 Å². The number of thiazole rings is 1. The molecule has 82 valence electrons. The molecule has 4 heteroatoms. The molecule has 2 N–H and O–H groups in total. The van der Waals surface area contributed by atoms with Crippen LogP contribution in [0.2, 0.25) is 0 Å². The highest BCUT2D eigenvalue weighted by atomic mass is 32.1. The minimum absolute atomic E-state index is 0.518. The molecule has 1 heterocycles. The summed E-state index contributed by atoms with van der Waals surface area (Å²) in [5.41, 5.74) is 6.90.